The number of benzene rings is 1. The number of amides is 1. The summed E-state index contributed by atoms with van der Waals surface area (Å²) in [5.41, 5.74) is 1.80. The molecule has 0 aliphatic heterocycles. The number of anilines is 1. The number of esters is 1. The molecule has 32 heavy (non-hydrogen) atoms. The predicted octanol–water partition coefficient (Wildman–Crippen LogP) is 3.13. The first-order chi connectivity index (χ1) is 15.0. The first kappa shape index (κ1) is 23.0. The van der Waals surface area contributed by atoms with E-state index in [0.29, 0.717) is 22.7 Å². The fraction of sp³-hybridized carbons (Fsp3) is 0.350. The molecular formula is C20H20F3N5O4. The number of hydrogen-bond acceptors (Lipinski definition) is 7. The third kappa shape index (κ3) is 4.63. The van der Waals surface area contributed by atoms with Gasteiger partial charge < -0.3 is 14.8 Å². The molecule has 1 amide bonds. The van der Waals surface area contributed by atoms with Crippen LogP contribution in [0.1, 0.15) is 39.6 Å². The molecule has 1 N–H and O–H groups in total. The lowest BCUT2D eigenvalue weighted by molar-refractivity contribution is -0.144. The van der Waals surface area contributed by atoms with E-state index >= 15 is 0 Å². The number of fused-ring (bicyclic) bond motifs is 1. The Bertz CT molecular complexity index is 1190. The number of ether oxygens (including phenoxy) is 2. The van der Waals surface area contributed by atoms with E-state index in [1.807, 2.05) is 0 Å². The second-order valence-electron chi connectivity index (χ2n) is 6.86. The first-order valence-corrected chi connectivity index (χ1v) is 9.41. The molecule has 3 aromatic rings. The molecule has 0 bridgehead atoms. The monoisotopic (exact) mass is 451 g/mol. The van der Waals surface area contributed by atoms with Gasteiger partial charge in [-0.3, -0.25) is 4.79 Å². The van der Waals surface area contributed by atoms with E-state index in [1.54, 1.807) is 19.9 Å². The number of nitrogens with zero attached hydrogens (tertiary/aromatic N) is 4. The summed E-state index contributed by atoms with van der Waals surface area (Å²) >= 11 is 0. The summed E-state index contributed by atoms with van der Waals surface area (Å²) < 4.78 is 49.6. The van der Waals surface area contributed by atoms with Gasteiger partial charge in [0.15, 0.2) is 0 Å². The van der Waals surface area contributed by atoms with Crippen molar-refractivity contribution < 1.29 is 32.2 Å². The molecule has 12 heteroatoms. The van der Waals surface area contributed by atoms with Crippen molar-refractivity contribution in [1.82, 2.24) is 19.6 Å². The molecule has 170 valence electrons. The minimum Gasteiger partial charge on any atom is -0.497 e. The fourth-order valence-corrected chi connectivity index (χ4v) is 3.18. The molecule has 0 aliphatic carbocycles. The topological polar surface area (TPSA) is 108 Å². The number of rotatable bonds is 6. The van der Waals surface area contributed by atoms with Crippen LogP contribution in [0.2, 0.25) is 0 Å². The minimum absolute atomic E-state index is 0.0116. The summed E-state index contributed by atoms with van der Waals surface area (Å²) in [6, 6.07) is 4.54. The van der Waals surface area contributed by atoms with Crippen molar-refractivity contribution in [3.63, 3.8) is 0 Å². The van der Waals surface area contributed by atoms with Crippen molar-refractivity contribution in [2.45, 2.75) is 32.9 Å². The van der Waals surface area contributed by atoms with Gasteiger partial charge in [0.05, 0.1) is 25.5 Å². The molecule has 0 atom stereocenters. The highest BCUT2D eigenvalue weighted by atomic mass is 19.4. The van der Waals surface area contributed by atoms with Gasteiger partial charge in [0.2, 0.25) is 5.91 Å². The van der Waals surface area contributed by atoms with Crippen LogP contribution >= 0.6 is 0 Å². The standard InChI is InChI=1S/C20H20F3N5O4/c1-10-13(11(2)28-19(24-10)26-18(27-28)20(21,22)23)6-8-16(29)25-15-7-5-12(31-3)9-14(15)17(30)32-4/h5,7,9H,6,8H2,1-4H3,(H,25,29). The second kappa shape index (κ2) is 8.81. The average molecular weight is 451 g/mol. The molecule has 3 rings (SSSR count). The number of aromatic nitrogens is 4. The van der Waals surface area contributed by atoms with Gasteiger partial charge in [-0.1, -0.05) is 0 Å². The molecule has 0 fully saturated rings. The highest BCUT2D eigenvalue weighted by molar-refractivity contribution is 6.01. The highest BCUT2D eigenvalue weighted by Crippen LogP contribution is 2.27. The molecular weight excluding hydrogens is 431 g/mol. The quantitative estimate of drug-likeness (QED) is 0.574. The Labute approximate surface area is 180 Å². The molecule has 0 radical (unpaired) electrons. The Morgan fingerprint density at radius 2 is 1.88 bits per heavy atom. The van der Waals surface area contributed by atoms with Crippen molar-refractivity contribution in [3.8, 4) is 5.75 Å². The Hall–Kier alpha value is -3.70. The van der Waals surface area contributed by atoms with Crippen molar-refractivity contribution >= 4 is 23.3 Å². The van der Waals surface area contributed by atoms with Gasteiger partial charge in [0, 0.05) is 17.8 Å². The van der Waals surface area contributed by atoms with Crippen molar-refractivity contribution in [2.75, 3.05) is 19.5 Å². The second-order valence-corrected chi connectivity index (χ2v) is 6.86. The number of alkyl halides is 3. The van der Waals surface area contributed by atoms with E-state index in [2.05, 4.69) is 20.4 Å². The Kier molecular flexibility index (Phi) is 6.32. The number of halogens is 3. The molecule has 0 unspecified atom stereocenters. The van der Waals surface area contributed by atoms with Gasteiger partial charge in [-0.05, 0) is 44.0 Å². The van der Waals surface area contributed by atoms with Crippen molar-refractivity contribution in [1.29, 1.82) is 0 Å². The Morgan fingerprint density at radius 1 is 1.16 bits per heavy atom. The number of methoxy groups -OCH3 is 2. The molecule has 2 aromatic heterocycles. The lowest BCUT2D eigenvalue weighted by Crippen LogP contribution is -2.17. The third-order valence-electron chi connectivity index (χ3n) is 4.81. The van der Waals surface area contributed by atoms with Crippen LogP contribution in [0.15, 0.2) is 18.2 Å². The molecule has 2 heterocycles. The molecule has 0 saturated heterocycles. The van der Waals surface area contributed by atoms with Crippen LogP contribution in [0, 0.1) is 13.8 Å². The minimum atomic E-state index is -4.69. The maximum atomic E-state index is 12.9. The number of carbonyl (C=O) groups excluding carboxylic acids is 2. The fourth-order valence-electron chi connectivity index (χ4n) is 3.18. The summed E-state index contributed by atoms with van der Waals surface area (Å²) in [4.78, 5) is 32.1. The van der Waals surface area contributed by atoms with Gasteiger partial charge in [0.25, 0.3) is 11.6 Å². The maximum Gasteiger partial charge on any atom is 0.453 e. The lowest BCUT2D eigenvalue weighted by atomic mass is 10.1. The van der Waals surface area contributed by atoms with Crippen LogP contribution in [0.4, 0.5) is 18.9 Å². The first-order valence-electron chi connectivity index (χ1n) is 9.41. The molecule has 0 spiro atoms. The van der Waals surface area contributed by atoms with Crippen LogP contribution < -0.4 is 10.1 Å². The maximum absolute atomic E-state index is 12.9. The SMILES string of the molecule is COC(=O)c1cc(OC)ccc1NC(=O)CCc1c(C)nc2nc(C(F)(F)F)nn2c1C. The number of nitrogens with one attached hydrogen (secondary N) is 1. The predicted molar refractivity (Wildman–Crippen MR) is 107 cm³/mol. The van der Waals surface area contributed by atoms with Crippen LogP contribution in [0.25, 0.3) is 5.78 Å². The Balaban J connectivity index is 1.80. The summed E-state index contributed by atoms with van der Waals surface area (Å²) in [7, 11) is 2.66. The van der Waals surface area contributed by atoms with E-state index in [1.165, 1.54) is 26.4 Å². The number of aryl methyl sites for hydroxylation is 2. The largest absolute Gasteiger partial charge is 0.497 e. The summed E-state index contributed by atoms with van der Waals surface area (Å²) in [5.74, 6) is -2.08. The van der Waals surface area contributed by atoms with Gasteiger partial charge in [-0.15, -0.1) is 5.10 Å². The van der Waals surface area contributed by atoms with E-state index in [0.717, 1.165) is 4.52 Å². The molecule has 0 saturated carbocycles. The zero-order valence-electron chi connectivity index (χ0n) is 17.7. The molecule has 0 aliphatic rings. The summed E-state index contributed by atoms with van der Waals surface area (Å²) in [6.45, 7) is 3.21. The van der Waals surface area contributed by atoms with Gasteiger partial charge >= 0.3 is 12.1 Å². The summed E-state index contributed by atoms with van der Waals surface area (Å²) in [6.07, 6.45) is -4.51. The zero-order chi connectivity index (χ0) is 23.6. The zero-order valence-corrected chi connectivity index (χ0v) is 17.7. The van der Waals surface area contributed by atoms with Gasteiger partial charge in [-0.25, -0.2) is 14.3 Å². The highest BCUT2D eigenvalue weighted by Gasteiger charge is 2.37. The van der Waals surface area contributed by atoms with Crippen molar-refractivity contribution in [2.24, 2.45) is 0 Å². The van der Waals surface area contributed by atoms with Crippen LogP contribution in [0.3, 0.4) is 0 Å². The van der Waals surface area contributed by atoms with E-state index in [-0.39, 0.29) is 29.9 Å². The smallest absolute Gasteiger partial charge is 0.453 e. The van der Waals surface area contributed by atoms with E-state index in [4.69, 9.17) is 9.47 Å². The van der Waals surface area contributed by atoms with Crippen LogP contribution in [0.5, 0.6) is 5.75 Å². The van der Waals surface area contributed by atoms with Gasteiger partial charge in [0.1, 0.15) is 5.75 Å². The average Bonchev–Trinajstić information content (AvgIpc) is 3.18. The van der Waals surface area contributed by atoms with Crippen LogP contribution in [-0.2, 0) is 22.1 Å². The summed E-state index contributed by atoms with van der Waals surface area (Å²) in [5, 5.41) is 6.14. The normalized spacial score (nSPS) is 11.5. The number of carbonyl (C=O) groups is 2. The molecule has 1 aromatic carbocycles. The van der Waals surface area contributed by atoms with E-state index in [9.17, 15) is 22.8 Å². The Morgan fingerprint density at radius 3 is 2.50 bits per heavy atom. The van der Waals surface area contributed by atoms with Crippen molar-refractivity contribution in [3.05, 3.63) is 46.5 Å². The number of hydrogen-bond donors (Lipinski definition) is 1. The molecule has 9 nitrogen and oxygen atoms in total. The van der Waals surface area contributed by atoms with Gasteiger partial charge in [-0.2, -0.15) is 18.2 Å². The lowest BCUT2D eigenvalue weighted by Gasteiger charge is -2.13. The third-order valence-corrected chi connectivity index (χ3v) is 4.81. The van der Waals surface area contributed by atoms with E-state index < -0.39 is 23.9 Å². The van der Waals surface area contributed by atoms with Crippen LogP contribution in [-0.4, -0.2) is 45.7 Å².